The molecule has 0 radical (unpaired) electrons. The van der Waals surface area contributed by atoms with Crippen LogP contribution in [0.1, 0.15) is 28.1 Å². The standard InChI is InChI=1S/C17H18ClNO3S/c1-11-14(12-7-4-3-5-8-12)15(17(21)22-2)16(23-11)19-13(20)9-6-10-18/h3-5,7-8H,6,9-10H2,1-2H3,(H,19,20). The monoisotopic (exact) mass is 351 g/mol. The van der Waals surface area contributed by atoms with Crippen LogP contribution in [-0.4, -0.2) is 24.9 Å². The van der Waals surface area contributed by atoms with Crippen LogP contribution < -0.4 is 5.32 Å². The Morgan fingerprint density at radius 3 is 2.57 bits per heavy atom. The van der Waals surface area contributed by atoms with Crippen LogP contribution in [0, 0.1) is 6.92 Å². The van der Waals surface area contributed by atoms with Crippen molar-refractivity contribution in [3.05, 3.63) is 40.8 Å². The Balaban J connectivity index is 2.44. The van der Waals surface area contributed by atoms with Gasteiger partial charge < -0.3 is 10.1 Å². The molecule has 1 N–H and O–H groups in total. The lowest BCUT2D eigenvalue weighted by atomic mass is 10.0. The van der Waals surface area contributed by atoms with Gasteiger partial charge in [0.2, 0.25) is 5.91 Å². The van der Waals surface area contributed by atoms with Gasteiger partial charge in [-0.2, -0.15) is 0 Å². The second-order valence-electron chi connectivity index (χ2n) is 4.94. The first kappa shape index (κ1) is 17.5. The Morgan fingerprint density at radius 2 is 1.96 bits per heavy atom. The molecule has 0 saturated carbocycles. The van der Waals surface area contributed by atoms with Crippen LogP contribution >= 0.6 is 22.9 Å². The lowest BCUT2D eigenvalue weighted by Gasteiger charge is -2.08. The average Bonchev–Trinajstić information content (AvgIpc) is 2.88. The van der Waals surface area contributed by atoms with E-state index in [-0.39, 0.29) is 5.91 Å². The molecule has 0 unspecified atom stereocenters. The number of anilines is 1. The number of carbonyl (C=O) groups excluding carboxylic acids is 2. The third-order valence-electron chi connectivity index (χ3n) is 3.33. The summed E-state index contributed by atoms with van der Waals surface area (Å²) in [7, 11) is 1.34. The Hall–Kier alpha value is -1.85. The molecular weight excluding hydrogens is 334 g/mol. The van der Waals surface area contributed by atoms with Crippen LogP contribution in [0.2, 0.25) is 0 Å². The number of rotatable bonds is 6. The van der Waals surface area contributed by atoms with Crippen molar-refractivity contribution in [1.82, 2.24) is 0 Å². The maximum absolute atomic E-state index is 12.2. The second kappa shape index (κ2) is 8.13. The van der Waals surface area contributed by atoms with Gasteiger partial charge in [0.05, 0.1) is 7.11 Å². The molecule has 0 atom stereocenters. The third kappa shape index (κ3) is 4.12. The highest BCUT2D eigenvalue weighted by molar-refractivity contribution is 7.17. The summed E-state index contributed by atoms with van der Waals surface area (Å²) in [4.78, 5) is 25.2. The second-order valence-corrected chi connectivity index (χ2v) is 6.54. The van der Waals surface area contributed by atoms with Crippen LogP contribution in [0.25, 0.3) is 11.1 Å². The van der Waals surface area contributed by atoms with E-state index in [1.165, 1.54) is 18.4 Å². The van der Waals surface area contributed by atoms with Gasteiger partial charge >= 0.3 is 5.97 Å². The molecule has 0 saturated heterocycles. The molecule has 4 nitrogen and oxygen atoms in total. The number of carbonyl (C=O) groups is 2. The summed E-state index contributed by atoms with van der Waals surface area (Å²) in [5, 5.41) is 3.33. The SMILES string of the molecule is COC(=O)c1c(NC(=O)CCCCl)sc(C)c1-c1ccccc1. The van der Waals surface area contributed by atoms with Gasteiger partial charge in [-0.1, -0.05) is 30.3 Å². The van der Waals surface area contributed by atoms with Gasteiger partial charge in [-0.25, -0.2) is 4.79 Å². The number of thiophene rings is 1. The average molecular weight is 352 g/mol. The fraction of sp³-hybridized carbons (Fsp3) is 0.294. The summed E-state index contributed by atoms with van der Waals surface area (Å²) in [6.07, 6.45) is 0.915. The number of hydrogen-bond donors (Lipinski definition) is 1. The fourth-order valence-corrected chi connectivity index (χ4v) is 3.51. The molecule has 122 valence electrons. The van der Waals surface area contributed by atoms with Gasteiger partial charge in [0, 0.05) is 22.7 Å². The Labute approximate surface area is 144 Å². The predicted molar refractivity (Wildman–Crippen MR) is 94.4 cm³/mol. The molecule has 23 heavy (non-hydrogen) atoms. The summed E-state index contributed by atoms with van der Waals surface area (Å²) >= 11 is 6.99. The van der Waals surface area contributed by atoms with Gasteiger partial charge in [-0.05, 0) is 18.9 Å². The molecule has 1 amide bonds. The smallest absolute Gasteiger partial charge is 0.341 e. The summed E-state index contributed by atoms with van der Waals surface area (Å²) < 4.78 is 4.91. The van der Waals surface area contributed by atoms with Crippen LogP contribution in [0.5, 0.6) is 0 Å². The Bertz CT molecular complexity index is 697. The van der Waals surface area contributed by atoms with Crippen molar-refractivity contribution in [3.63, 3.8) is 0 Å². The highest BCUT2D eigenvalue weighted by Crippen LogP contribution is 2.40. The van der Waals surface area contributed by atoms with E-state index in [9.17, 15) is 9.59 Å². The summed E-state index contributed by atoms with van der Waals surface area (Å²) in [5.41, 5.74) is 2.12. The topological polar surface area (TPSA) is 55.4 Å². The Kier molecular flexibility index (Phi) is 6.19. The third-order valence-corrected chi connectivity index (χ3v) is 4.61. The lowest BCUT2D eigenvalue weighted by molar-refractivity contribution is -0.116. The molecule has 0 aliphatic carbocycles. The molecule has 0 aliphatic heterocycles. The number of amides is 1. The fourth-order valence-electron chi connectivity index (χ4n) is 2.30. The zero-order chi connectivity index (χ0) is 16.8. The van der Waals surface area contributed by atoms with E-state index in [0.29, 0.717) is 29.3 Å². The normalized spacial score (nSPS) is 10.4. The summed E-state index contributed by atoms with van der Waals surface area (Å²) in [6.45, 7) is 1.92. The maximum Gasteiger partial charge on any atom is 0.341 e. The van der Waals surface area contributed by atoms with Crippen molar-refractivity contribution in [1.29, 1.82) is 0 Å². The van der Waals surface area contributed by atoms with E-state index in [4.69, 9.17) is 16.3 Å². The lowest BCUT2D eigenvalue weighted by Crippen LogP contribution is -2.13. The number of alkyl halides is 1. The number of nitrogens with one attached hydrogen (secondary N) is 1. The van der Waals surface area contributed by atoms with Gasteiger partial charge in [0.25, 0.3) is 0 Å². The molecule has 0 fully saturated rings. The Morgan fingerprint density at radius 1 is 1.26 bits per heavy atom. The number of benzene rings is 1. The van der Waals surface area contributed by atoms with Crippen molar-refractivity contribution in [2.24, 2.45) is 0 Å². The quantitative estimate of drug-likeness (QED) is 0.617. The molecule has 1 aromatic heterocycles. The molecule has 0 spiro atoms. The number of hydrogen-bond acceptors (Lipinski definition) is 4. The first-order chi connectivity index (χ1) is 11.1. The van der Waals surface area contributed by atoms with Crippen molar-refractivity contribution in [3.8, 4) is 11.1 Å². The van der Waals surface area contributed by atoms with E-state index in [1.54, 1.807) is 0 Å². The van der Waals surface area contributed by atoms with Gasteiger partial charge in [-0.15, -0.1) is 22.9 Å². The number of esters is 1. The van der Waals surface area contributed by atoms with E-state index >= 15 is 0 Å². The van der Waals surface area contributed by atoms with Crippen LogP contribution in [0.3, 0.4) is 0 Å². The predicted octanol–water partition coefficient (Wildman–Crippen LogP) is 4.47. The maximum atomic E-state index is 12.2. The minimum Gasteiger partial charge on any atom is -0.465 e. The van der Waals surface area contributed by atoms with E-state index < -0.39 is 5.97 Å². The number of halogens is 1. The molecule has 2 rings (SSSR count). The van der Waals surface area contributed by atoms with E-state index in [0.717, 1.165) is 16.0 Å². The van der Waals surface area contributed by atoms with Crippen LogP contribution in [0.4, 0.5) is 5.00 Å². The van der Waals surface area contributed by atoms with Gasteiger partial charge in [0.15, 0.2) is 0 Å². The summed E-state index contributed by atoms with van der Waals surface area (Å²) in [5.74, 6) is -0.187. The number of ether oxygens (including phenoxy) is 1. The van der Waals surface area contributed by atoms with Gasteiger partial charge in [-0.3, -0.25) is 4.79 Å². The molecular formula is C17H18ClNO3S. The van der Waals surface area contributed by atoms with Crippen molar-refractivity contribution >= 4 is 39.8 Å². The molecule has 1 aromatic carbocycles. The minimum atomic E-state index is -0.458. The zero-order valence-electron chi connectivity index (χ0n) is 13.0. The molecule has 2 aromatic rings. The van der Waals surface area contributed by atoms with E-state index in [2.05, 4.69) is 5.32 Å². The number of aryl methyl sites for hydroxylation is 1. The largest absolute Gasteiger partial charge is 0.465 e. The highest BCUT2D eigenvalue weighted by Gasteiger charge is 2.24. The van der Waals surface area contributed by atoms with Crippen molar-refractivity contribution < 1.29 is 14.3 Å². The van der Waals surface area contributed by atoms with Gasteiger partial charge in [0.1, 0.15) is 10.6 Å². The number of methoxy groups -OCH3 is 1. The minimum absolute atomic E-state index is 0.156. The van der Waals surface area contributed by atoms with Crippen molar-refractivity contribution in [2.75, 3.05) is 18.3 Å². The molecule has 0 aliphatic rings. The first-order valence-electron chi connectivity index (χ1n) is 7.21. The van der Waals surface area contributed by atoms with Crippen LogP contribution in [0.15, 0.2) is 30.3 Å². The summed E-state index contributed by atoms with van der Waals surface area (Å²) in [6, 6.07) is 9.59. The van der Waals surface area contributed by atoms with Crippen LogP contribution in [-0.2, 0) is 9.53 Å². The molecule has 1 heterocycles. The van der Waals surface area contributed by atoms with Crippen molar-refractivity contribution in [2.45, 2.75) is 19.8 Å². The molecule has 0 bridgehead atoms. The van der Waals surface area contributed by atoms with E-state index in [1.807, 2.05) is 37.3 Å². The first-order valence-corrected chi connectivity index (χ1v) is 8.56. The highest BCUT2D eigenvalue weighted by atomic mass is 35.5. The zero-order valence-corrected chi connectivity index (χ0v) is 14.6. The molecule has 6 heteroatoms.